The Balaban J connectivity index is 1.65. The van der Waals surface area contributed by atoms with Crippen LogP contribution in [0.1, 0.15) is 30.7 Å². The topological polar surface area (TPSA) is 61.9 Å². The zero-order valence-electron chi connectivity index (χ0n) is 12.5. The minimum absolute atomic E-state index is 0.255. The highest BCUT2D eigenvalue weighted by atomic mass is 16.2. The van der Waals surface area contributed by atoms with Crippen molar-refractivity contribution in [3.05, 3.63) is 35.7 Å². The van der Waals surface area contributed by atoms with Crippen molar-refractivity contribution in [3.63, 3.8) is 0 Å². The standard InChI is InChI=1S/C16H20N4O/c1-11-17-15(19-18-11)13-8-6-12(7-9-13)10-20(2)16(21)14-4-3-5-14/h6-9,14H,3-5,10H2,1-2H3,(H,17,18,19). The van der Waals surface area contributed by atoms with Crippen molar-refractivity contribution < 1.29 is 4.79 Å². The summed E-state index contributed by atoms with van der Waals surface area (Å²) in [5, 5.41) is 6.99. The first-order valence-corrected chi connectivity index (χ1v) is 7.37. The van der Waals surface area contributed by atoms with Gasteiger partial charge in [-0.3, -0.25) is 9.89 Å². The second kappa shape index (κ2) is 5.68. The average Bonchev–Trinajstić information content (AvgIpc) is 2.84. The molecule has 0 saturated heterocycles. The molecule has 1 fully saturated rings. The molecule has 2 aromatic rings. The molecule has 1 aromatic carbocycles. The molecule has 0 aliphatic heterocycles. The number of aryl methyl sites for hydroxylation is 1. The van der Waals surface area contributed by atoms with Crippen molar-refractivity contribution in [2.24, 2.45) is 5.92 Å². The van der Waals surface area contributed by atoms with Crippen LogP contribution < -0.4 is 0 Å². The number of H-pyrrole nitrogens is 1. The van der Waals surface area contributed by atoms with E-state index in [1.165, 1.54) is 6.42 Å². The van der Waals surface area contributed by atoms with Gasteiger partial charge in [0.2, 0.25) is 5.91 Å². The maximum absolute atomic E-state index is 12.1. The number of aromatic nitrogens is 3. The molecule has 1 N–H and O–H groups in total. The Morgan fingerprint density at radius 3 is 2.57 bits per heavy atom. The van der Waals surface area contributed by atoms with Crippen molar-refractivity contribution in [1.29, 1.82) is 0 Å². The fraction of sp³-hybridized carbons (Fsp3) is 0.438. The highest BCUT2D eigenvalue weighted by Crippen LogP contribution is 2.28. The van der Waals surface area contributed by atoms with Crippen molar-refractivity contribution >= 4 is 5.91 Å². The molecular weight excluding hydrogens is 264 g/mol. The maximum atomic E-state index is 12.1. The van der Waals surface area contributed by atoms with Crippen molar-refractivity contribution in [2.75, 3.05) is 7.05 Å². The third kappa shape index (κ3) is 2.96. The number of hydrogen-bond acceptors (Lipinski definition) is 3. The molecule has 0 radical (unpaired) electrons. The van der Waals surface area contributed by atoms with Gasteiger partial charge in [0.15, 0.2) is 5.82 Å². The van der Waals surface area contributed by atoms with Gasteiger partial charge in [0.05, 0.1) is 0 Å². The van der Waals surface area contributed by atoms with Gasteiger partial charge in [0, 0.05) is 25.1 Å². The number of nitrogens with one attached hydrogen (secondary N) is 1. The van der Waals surface area contributed by atoms with Crippen molar-refractivity contribution in [1.82, 2.24) is 20.1 Å². The highest BCUT2D eigenvalue weighted by Gasteiger charge is 2.27. The van der Waals surface area contributed by atoms with Crippen LogP contribution in [0, 0.1) is 12.8 Å². The van der Waals surface area contributed by atoms with E-state index in [0.717, 1.165) is 29.8 Å². The lowest BCUT2D eigenvalue weighted by Crippen LogP contribution is -2.35. The number of nitrogens with zero attached hydrogens (tertiary/aromatic N) is 3. The van der Waals surface area contributed by atoms with E-state index in [1.807, 2.05) is 43.1 Å². The van der Waals surface area contributed by atoms with Crippen LogP contribution in [0.15, 0.2) is 24.3 Å². The summed E-state index contributed by atoms with van der Waals surface area (Å²) in [6.07, 6.45) is 3.29. The number of carbonyl (C=O) groups excluding carboxylic acids is 1. The number of benzene rings is 1. The molecule has 1 aliphatic carbocycles. The SMILES string of the molecule is Cc1nc(-c2ccc(CN(C)C(=O)C3CCC3)cc2)n[nH]1. The second-order valence-corrected chi connectivity index (χ2v) is 5.76. The molecule has 1 saturated carbocycles. The molecule has 1 aliphatic rings. The summed E-state index contributed by atoms with van der Waals surface area (Å²) >= 11 is 0. The fourth-order valence-electron chi connectivity index (χ4n) is 2.55. The van der Waals surface area contributed by atoms with E-state index in [1.54, 1.807) is 0 Å². The maximum Gasteiger partial charge on any atom is 0.225 e. The summed E-state index contributed by atoms with van der Waals surface area (Å²) in [6, 6.07) is 8.07. The summed E-state index contributed by atoms with van der Waals surface area (Å²) in [5.41, 5.74) is 2.11. The van der Waals surface area contributed by atoms with Gasteiger partial charge in [-0.25, -0.2) is 4.98 Å². The molecular formula is C16H20N4O. The molecule has 3 rings (SSSR count). The lowest BCUT2D eigenvalue weighted by Gasteiger charge is -2.29. The number of hydrogen-bond donors (Lipinski definition) is 1. The van der Waals surface area contributed by atoms with Crippen LogP contribution in [0.2, 0.25) is 0 Å². The van der Waals surface area contributed by atoms with E-state index in [0.29, 0.717) is 12.4 Å². The lowest BCUT2D eigenvalue weighted by atomic mass is 9.84. The van der Waals surface area contributed by atoms with E-state index in [-0.39, 0.29) is 11.8 Å². The minimum atomic E-state index is 0.255. The van der Waals surface area contributed by atoms with Gasteiger partial charge in [-0.1, -0.05) is 30.7 Å². The van der Waals surface area contributed by atoms with E-state index in [9.17, 15) is 4.79 Å². The van der Waals surface area contributed by atoms with Gasteiger partial charge in [0.25, 0.3) is 0 Å². The molecule has 5 heteroatoms. The fourth-order valence-corrected chi connectivity index (χ4v) is 2.55. The summed E-state index contributed by atoms with van der Waals surface area (Å²) in [4.78, 5) is 18.3. The summed E-state index contributed by atoms with van der Waals surface area (Å²) in [6.45, 7) is 2.54. The lowest BCUT2D eigenvalue weighted by molar-refractivity contribution is -0.137. The van der Waals surface area contributed by atoms with E-state index in [4.69, 9.17) is 0 Å². The van der Waals surface area contributed by atoms with Crippen LogP contribution in [-0.4, -0.2) is 33.0 Å². The van der Waals surface area contributed by atoms with Gasteiger partial charge in [-0.05, 0) is 25.3 Å². The molecule has 21 heavy (non-hydrogen) atoms. The van der Waals surface area contributed by atoms with Crippen LogP contribution in [-0.2, 0) is 11.3 Å². The van der Waals surface area contributed by atoms with Crippen molar-refractivity contribution in [3.8, 4) is 11.4 Å². The van der Waals surface area contributed by atoms with Crippen LogP contribution in [0.25, 0.3) is 11.4 Å². The first-order valence-electron chi connectivity index (χ1n) is 7.37. The zero-order valence-corrected chi connectivity index (χ0v) is 12.5. The number of amides is 1. The molecule has 0 spiro atoms. The molecule has 1 amide bonds. The molecule has 0 unspecified atom stereocenters. The number of aromatic amines is 1. The summed E-state index contributed by atoms with van der Waals surface area (Å²) in [5.74, 6) is 2.04. The Labute approximate surface area is 124 Å². The Bertz CT molecular complexity index is 628. The van der Waals surface area contributed by atoms with Crippen LogP contribution in [0.4, 0.5) is 0 Å². The quantitative estimate of drug-likeness (QED) is 0.938. The molecule has 0 atom stereocenters. The predicted octanol–water partition coefficient (Wildman–Crippen LogP) is 2.54. The number of rotatable bonds is 4. The first-order chi connectivity index (χ1) is 10.1. The Morgan fingerprint density at radius 2 is 2.05 bits per heavy atom. The Kier molecular flexibility index (Phi) is 3.73. The molecule has 110 valence electrons. The van der Waals surface area contributed by atoms with Gasteiger partial charge in [-0.15, -0.1) is 0 Å². The Hall–Kier alpha value is -2.17. The van der Waals surface area contributed by atoms with Crippen LogP contribution >= 0.6 is 0 Å². The zero-order chi connectivity index (χ0) is 14.8. The smallest absolute Gasteiger partial charge is 0.225 e. The molecule has 5 nitrogen and oxygen atoms in total. The number of carbonyl (C=O) groups is 1. The van der Waals surface area contributed by atoms with E-state index in [2.05, 4.69) is 15.2 Å². The highest BCUT2D eigenvalue weighted by molar-refractivity contribution is 5.79. The van der Waals surface area contributed by atoms with Gasteiger partial charge in [-0.2, -0.15) is 5.10 Å². The molecule has 0 bridgehead atoms. The normalized spacial score (nSPS) is 14.8. The van der Waals surface area contributed by atoms with Crippen LogP contribution in [0.5, 0.6) is 0 Å². The monoisotopic (exact) mass is 284 g/mol. The van der Waals surface area contributed by atoms with Gasteiger partial charge in [0.1, 0.15) is 5.82 Å². The summed E-state index contributed by atoms with van der Waals surface area (Å²) in [7, 11) is 1.88. The first kappa shape index (κ1) is 13.8. The van der Waals surface area contributed by atoms with E-state index >= 15 is 0 Å². The third-order valence-corrected chi connectivity index (χ3v) is 4.06. The second-order valence-electron chi connectivity index (χ2n) is 5.76. The minimum Gasteiger partial charge on any atom is -0.341 e. The van der Waals surface area contributed by atoms with Crippen molar-refractivity contribution in [2.45, 2.75) is 32.7 Å². The predicted molar refractivity (Wildman–Crippen MR) is 80.4 cm³/mol. The largest absolute Gasteiger partial charge is 0.341 e. The van der Waals surface area contributed by atoms with E-state index < -0.39 is 0 Å². The third-order valence-electron chi connectivity index (χ3n) is 4.06. The van der Waals surface area contributed by atoms with Gasteiger partial charge < -0.3 is 4.90 Å². The van der Waals surface area contributed by atoms with Gasteiger partial charge >= 0.3 is 0 Å². The van der Waals surface area contributed by atoms with Crippen LogP contribution in [0.3, 0.4) is 0 Å². The average molecular weight is 284 g/mol. The Morgan fingerprint density at radius 1 is 1.33 bits per heavy atom. The molecule has 1 aromatic heterocycles. The molecule has 1 heterocycles. The summed E-state index contributed by atoms with van der Waals surface area (Å²) < 4.78 is 0.